The van der Waals surface area contributed by atoms with Crippen LogP contribution in [-0.2, 0) is 11.2 Å². The lowest BCUT2D eigenvalue weighted by molar-refractivity contribution is -0.116. The molecule has 0 unspecified atom stereocenters. The van der Waals surface area contributed by atoms with E-state index in [0.717, 1.165) is 14.9 Å². The molecule has 0 saturated heterocycles. The highest BCUT2D eigenvalue weighted by Crippen LogP contribution is 2.23. The summed E-state index contributed by atoms with van der Waals surface area (Å²) in [5.41, 5.74) is 0.811. The van der Waals surface area contributed by atoms with Crippen LogP contribution >= 0.6 is 43.6 Å². The van der Waals surface area contributed by atoms with E-state index >= 15 is 0 Å². The maximum absolute atomic E-state index is 13.0. The molecule has 2 aromatic rings. The van der Waals surface area contributed by atoms with E-state index in [1.807, 2.05) is 24.3 Å². The quantitative estimate of drug-likeness (QED) is 0.617. The molecule has 0 aliphatic rings. The van der Waals surface area contributed by atoms with E-state index in [2.05, 4.69) is 31.9 Å². The van der Waals surface area contributed by atoms with Crippen LogP contribution in [0, 0.1) is 5.82 Å². The first-order valence-corrected chi connectivity index (χ1v) is 8.46. The van der Waals surface area contributed by atoms with Crippen molar-refractivity contribution in [3.05, 3.63) is 62.8 Å². The zero-order valence-corrected chi connectivity index (χ0v) is 14.4. The minimum Gasteiger partial charge on any atom is -0.298 e. The van der Waals surface area contributed by atoms with Crippen molar-refractivity contribution in [3.63, 3.8) is 0 Å². The Morgan fingerprint density at radius 1 is 1.15 bits per heavy atom. The highest BCUT2D eigenvalue weighted by atomic mass is 79.9. The third-order valence-corrected chi connectivity index (χ3v) is 4.88. The zero-order valence-electron chi connectivity index (χ0n) is 10.4. The van der Waals surface area contributed by atoms with E-state index < -0.39 is 0 Å². The smallest absolute Gasteiger partial charge is 0.147 e. The average molecular weight is 418 g/mol. The zero-order chi connectivity index (χ0) is 14.5. The van der Waals surface area contributed by atoms with Crippen LogP contribution in [0.4, 0.5) is 4.39 Å². The predicted molar refractivity (Wildman–Crippen MR) is 87.7 cm³/mol. The van der Waals surface area contributed by atoms with Gasteiger partial charge in [-0.25, -0.2) is 4.39 Å². The van der Waals surface area contributed by atoms with Crippen molar-refractivity contribution in [2.45, 2.75) is 11.3 Å². The van der Waals surface area contributed by atoms with E-state index in [1.165, 1.54) is 23.9 Å². The summed E-state index contributed by atoms with van der Waals surface area (Å²) in [5, 5.41) is 0. The Morgan fingerprint density at radius 2 is 1.95 bits per heavy atom. The van der Waals surface area contributed by atoms with Gasteiger partial charge in [0.15, 0.2) is 0 Å². The standard InChI is InChI=1S/C15H11Br2FOS/c16-11-2-1-3-14(7-11)20-9-13(19)6-10-4-5-12(18)8-15(10)17/h1-5,7-8H,6,9H2. The molecule has 20 heavy (non-hydrogen) atoms. The monoisotopic (exact) mass is 416 g/mol. The Morgan fingerprint density at radius 3 is 2.65 bits per heavy atom. The Balaban J connectivity index is 1.92. The molecule has 0 aliphatic carbocycles. The average Bonchev–Trinajstić information content (AvgIpc) is 2.40. The molecule has 0 heterocycles. The van der Waals surface area contributed by atoms with Crippen molar-refractivity contribution in [3.8, 4) is 0 Å². The van der Waals surface area contributed by atoms with Gasteiger partial charge in [0, 0.05) is 20.3 Å². The van der Waals surface area contributed by atoms with Crippen molar-refractivity contribution >= 4 is 49.4 Å². The molecule has 0 radical (unpaired) electrons. The largest absolute Gasteiger partial charge is 0.298 e. The summed E-state index contributed by atoms with van der Waals surface area (Å²) in [6.45, 7) is 0. The molecule has 104 valence electrons. The summed E-state index contributed by atoms with van der Waals surface area (Å²) in [4.78, 5) is 13.0. The van der Waals surface area contributed by atoms with Gasteiger partial charge in [-0.2, -0.15) is 0 Å². The number of thioether (sulfide) groups is 1. The van der Waals surface area contributed by atoms with Gasteiger partial charge in [-0.3, -0.25) is 4.79 Å². The number of rotatable bonds is 5. The highest BCUT2D eigenvalue weighted by Gasteiger charge is 2.08. The van der Waals surface area contributed by atoms with Gasteiger partial charge >= 0.3 is 0 Å². The summed E-state index contributed by atoms with van der Waals surface area (Å²) in [6.07, 6.45) is 0.307. The molecule has 2 rings (SSSR count). The number of benzene rings is 2. The van der Waals surface area contributed by atoms with Crippen LogP contribution in [0.3, 0.4) is 0 Å². The highest BCUT2D eigenvalue weighted by molar-refractivity contribution is 9.10. The molecular formula is C15H11Br2FOS. The third-order valence-electron chi connectivity index (χ3n) is 2.60. The number of hydrogen-bond acceptors (Lipinski definition) is 2. The lowest BCUT2D eigenvalue weighted by Gasteiger charge is -2.05. The van der Waals surface area contributed by atoms with E-state index in [9.17, 15) is 9.18 Å². The summed E-state index contributed by atoms with van der Waals surface area (Å²) >= 11 is 8.18. The minimum absolute atomic E-state index is 0.113. The molecule has 0 aliphatic heterocycles. The molecule has 0 N–H and O–H groups in total. The molecule has 0 saturated carbocycles. The lowest BCUT2D eigenvalue weighted by atomic mass is 10.1. The summed E-state index contributed by atoms with van der Waals surface area (Å²) in [6, 6.07) is 12.2. The second-order valence-electron chi connectivity index (χ2n) is 4.20. The van der Waals surface area contributed by atoms with Gasteiger partial charge in [-0.1, -0.05) is 44.0 Å². The van der Waals surface area contributed by atoms with Gasteiger partial charge in [0.05, 0.1) is 5.75 Å². The molecule has 0 spiro atoms. The first kappa shape index (κ1) is 15.7. The molecule has 0 atom stereocenters. The number of carbonyl (C=O) groups is 1. The Kier molecular flexibility index (Phi) is 5.81. The molecule has 5 heteroatoms. The van der Waals surface area contributed by atoms with Gasteiger partial charge < -0.3 is 0 Å². The van der Waals surface area contributed by atoms with Gasteiger partial charge in [-0.05, 0) is 35.9 Å². The minimum atomic E-state index is -0.309. The Bertz CT molecular complexity index is 631. The van der Waals surface area contributed by atoms with Crippen molar-refractivity contribution in [2.24, 2.45) is 0 Å². The maximum atomic E-state index is 13.0. The number of hydrogen-bond donors (Lipinski definition) is 0. The van der Waals surface area contributed by atoms with Crippen LogP contribution in [-0.4, -0.2) is 11.5 Å². The second-order valence-corrected chi connectivity index (χ2v) is 7.02. The normalized spacial score (nSPS) is 10.6. The van der Waals surface area contributed by atoms with E-state index in [4.69, 9.17) is 0 Å². The maximum Gasteiger partial charge on any atom is 0.147 e. The van der Waals surface area contributed by atoms with Gasteiger partial charge in [0.2, 0.25) is 0 Å². The van der Waals surface area contributed by atoms with Gasteiger partial charge in [0.25, 0.3) is 0 Å². The molecule has 0 aromatic heterocycles. The van der Waals surface area contributed by atoms with Crippen LogP contribution in [0.2, 0.25) is 0 Å². The van der Waals surface area contributed by atoms with Crippen LogP contribution < -0.4 is 0 Å². The number of carbonyl (C=O) groups excluding carboxylic acids is 1. The van der Waals surface area contributed by atoms with Gasteiger partial charge in [-0.15, -0.1) is 11.8 Å². The summed E-state index contributed by atoms with van der Waals surface area (Å²) in [7, 11) is 0. The first-order valence-electron chi connectivity index (χ1n) is 5.88. The van der Waals surface area contributed by atoms with Crippen LogP contribution in [0.1, 0.15) is 5.56 Å². The summed E-state index contributed by atoms with van der Waals surface area (Å²) < 4.78 is 14.6. The number of ketones is 1. The SMILES string of the molecule is O=C(CSc1cccc(Br)c1)Cc1ccc(F)cc1Br. The van der Waals surface area contributed by atoms with E-state index in [-0.39, 0.29) is 11.6 Å². The van der Waals surface area contributed by atoms with Crippen molar-refractivity contribution in [1.29, 1.82) is 0 Å². The fourth-order valence-electron chi connectivity index (χ4n) is 1.65. The fraction of sp³-hybridized carbons (Fsp3) is 0.133. The first-order chi connectivity index (χ1) is 9.54. The molecule has 0 fully saturated rings. The van der Waals surface area contributed by atoms with E-state index in [1.54, 1.807) is 6.07 Å². The molecule has 0 bridgehead atoms. The van der Waals surface area contributed by atoms with Crippen molar-refractivity contribution in [2.75, 3.05) is 5.75 Å². The summed E-state index contributed by atoms with van der Waals surface area (Å²) in [5.74, 6) is 0.208. The number of Topliss-reactive ketones (excluding diaryl/α,β-unsaturated/α-hetero) is 1. The molecular weight excluding hydrogens is 407 g/mol. The van der Waals surface area contributed by atoms with Gasteiger partial charge in [0.1, 0.15) is 11.6 Å². The fourth-order valence-corrected chi connectivity index (χ4v) is 3.51. The molecule has 0 amide bonds. The predicted octanol–water partition coefficient (Wildman–Crippen LogP) is 5.25. The van der Waals surface area contributed by atoms with Crippen LogP contribution in [0.15, 0.2) is 56.3 Å². The molecule has 2 aromatic carbocycles. The number of halogens is 3. The topological polar surface area (TPSA) is 17.1 Å². The van der Waals surface area contributed by atoms with E-state index in [0.29, 0.717) is 16.6 Å². The molecule has 1 nitrogen and oxygen atoms in total. The van der Waals surface area contributed by atoms with Crippen molar-refractivity contribution < 1.29 is 9.18 Å². The third kappa shape index (κ3) is 4.72. The Hall–Kier alpha value is -0.650. The van der Waals surface area contributed by atoms with Crippen molar-refractivity contribution in [1.82, 2.24) is 0 Å². The van der Waals surface area contributed by atoms with Crippen LogP contribution in [0.25, 0.3) is 0 Å². The second kappa shape index (κ2) is 7.38. The Labute approximate surface area is 138 Å². The lowest BCUT2D eigenvalue weighted by Crippen LogP contribution is -2.06. The van der Waals surface area contributed by atoms with Crippen LogP contribution in [0.5, 0.6) is 0 Å².